The lowest BCUT2D eigenvalue weighted by Gasteiger charge is -2.28. The van der Waals surface area contributed by atoms with Gasteiger partial charge in [-0.3, -0.25) is 14.5 Å². The molecule has 0 aliphatic carbocycles. The summed E-state index contributed by atoms with van der Waals surface area (Å²) >= 11 is 0. The van der Waals surface area contributed by atoms with Crippen molar-refractivity contribution >= 4 is 17.5 Å². The molecule has 2 saturated heterocycles. The fourth-order valence-corrected chi connectivity index (χ4v) is 3.80. The molecule has 0 saturated carbocycles. The van der Waals surface area contributed by atoms with Crippen molar-refractivity contribution in [2.24, 2.45) is 0 Å². The maximum absolute atomic E-state index is 12.6. The second kappa shape index (κ2) is 9.73. The van der Waals surface area contributed by atoms with Crippen LogP contribution >= 0.6 is 0 Å². The van der Waals surface area contributed by atoms with Crippen LogP contribution < -0.4 is 15.5 Å². The van der Waals surface area contributed by atoms with Gasteiger partial charge in [0, 0.05) is 50.5 Å². The highest BCUT2D eigenvalue weighted by Gasteiger charge is 2.16. The van der Waals surface area contributed by atoms with Crippen molar-refractivity contribution in [2.45, 2.75) is 13.1 Å². The van der Waals surface area contributed by atoms with Crippen LogP contribution in [0, 0.1) is 0 Å². The van der Waals surface area contributed by atoms with Crippen molar-refractivity contribution in [3.8, 4) is 0 Å². The molecule has 0 bridgehead atoms. The molecule has 2 amide bonds. The van der Waals surface area contributed by atoms with E-state index < -0.39 is 0 Å². The van der Waals surface area contributed by atoms with E-state index in [1.165, 1.54) is 0 Å². The van der Waals surface area contributed by atoms with Gasteiger partial charge in [0.1, 0.15) is 0 Å². The minimum Gasteiger partial charge on any atom is -0.379 e. The second-order valence-electron chi connectivity index (χ2n) is 7.71. The van der Waals surface area contributed by atoms with E-state index in [1.54, 1.807) is 0 Å². The van der Waals surface area contributed by atoms with Crippen LogP contribution in [0.15, 0.2) is 48.5 Å². The minimum atomic E-state index is -0.0735. The van der Waals surface area contributed by atoms with Gasteiger partial charge in [-0.1, -0.05) is 24.3 Å². The van der Waals surface area contributed by atoms with Crippen molar-refractivity contribution in [3.05, 3.63) is 65.2 Å². The molecule has 0 radical (unpaired) electrons. The highest BCUT2D eigenvalue weighted by molar-refractivity contribution is 5.94. The molecule has 0 atom stereocenters. The molecule has 2 heterocycles. The number of amides is 2. The summed E-state index contributed by atoms with van der Waals surface area (Å²) in [4.78, 5) is 28.6. The van der Waals surface area contributed by atoms with E-state index in [4.69, 9.17) is 4.74 Å². The average molecular weight is 409 g/mol. The zero-order chi connectivity index (χ0) is 20.8. The lowest BCUT2D eigenvalue weighted by Crippen LogP contribution is -2.47. The smallest absolute Gasteiger partial charge is 0.251 e. The Morgan fingerprint density at radius 1 is 1.03 bits per heavy atom. The summed E-state index contributed by atoms with van der Waals surface area (Å²) < 4.78 is 5.39. The number of morpholine rings is 1. The quantitative estimate of drug-likeness (QED) is 0.756. The molecular weight excluding hydrogens is 380 g/mol. The first-order chi connectivity index (χ1) is 14.7. The highest BCUT2D eigenvalue weighted by atomic mass is 16.5. The predicted molar refractivity (Wildman–Crippen MR) is 115 cm³/mol. The maximum Gasteiger partial charge on any atom is 0.251 e. The molecule has 0 unspecified atom stereocenters. The third-order valence-electron chi connectivity index (χ3n) is 5.49. The number of anilines is 1. The van der Waals surface area contributed by atoms with Gasteiger partial charge in [-0.05, 0) is 35.4 Å². The van der Waals surface area contributed by atoms with Gasteiger partial charge in [0.2, 0.25) is 5.91 Å². The number of carbonyl (C=O) groups is 2. The molecule has 7 nitrogen and oxygen atoms in total. The van der Waals surface area contributed by atoms with E-state index in [0.29, 0.717) is 25.2 Å². The van der Waals surface area contributed by atoms with E-state index in [2.05, 4.69) is 26.5 Å². The number of benzene rings is 2. The second-order valence-corrected chi connectivity index (χ2v) is 7.71. The van der Waals surface area contributed by atoms with Crippen LogP contribution in [-0.2, 0) is 22.6 Å². The van der Waals surface area contributed by atoms with Crippen molar-refractivity contribution < 1.29 is 14.3 Å². The Kier molecular flexibility index (Phi) is 6.61. The standard InChI is InChI=1S/C23H28N4O3/c28-22-17-27(9-8-24-22)21-6-4-18(5-7-21)15-25-23(29)20-3-1-2-19(14-20)16-26-10-12-30-13-11-26/h1-7,14H,8-13,15-17H2,(H,24,28)(H,25,29). The van der Waals surface area contributed by atoms with Crippen LogP contribution in [-0.4, -0.2) is 62.7 Å². The fourth-order valence-electron chi connectivity index (χ4n) is 3.80. The third kappa shape index (κ3) is 5.37. The summed E-state index contributed by atoms with van der Waals surface area (Å²) in [6, 6.07) is 15.8. The summed E-state index contributed by atoms with van der Waals surface area (Å²) in [5.74, 6) is -0.0240. The third-order valence-corrected chi connectivity index (χ3v) is 5.49. The molecule has 0 spiro atoms. The first-order valence-corrected chi connectivity index (χ1v) is 10.5. The van der Waals surface area contributed by atoms with Crippen molar-refractivity contribution in [1.82, 2.24) is 15.5 Å². The normalized spacial score (nSPS) is 17.5. The Hall–Kier alpha value is -2.90. The van der Waals surface area contributed by atoms with Crippen LogP contribution in [0.1, 0.15) is 21.5 Å². The number of nitrogens with one attached hydrogen (secondary N) is 2. The van der Waals surface area contributed by atoms with Crippen LogP contribution in [0.3, 0.4) is 0 Å². The van der Waals surface area contributed by atoms with E-state index in [-0.39, 0.29) is 11.8 Å². The van der Waals surface area contributed by atoms with Crippen molar-refractivity contribution in [1.29, 1.82) is 0 Å². The van der Waals surface area contributed by atoms with Gasteiger partial charge in [-0.15, -0.1) is 0 Å². The number of rotatable bonds is 6. The van der Waals surface area contributed by atoms with Crippen LogP contribution in [0.5, 0.6) is 0 Å². The molecule has 4 rings (SSSR count). The van der Waals surface area contributed by atoms with Gasteiger partial charge in [-0.2, -0.15) is 0 Å². The Morgan fingerprint density at radius 2 is 1.83 bits per heavy atom. The van der Waals surface area contributed by atoms with Gasteiger partial charge in [0.15, 0.2) is 0 Å². The maximum atomic E-state index is 12.6. The summed E-state index contributed by atoms with van der Waals surface area (Å²) in [5, 5.41) is 5.83. The summed E-state index contributed by atoms with van der Waals surface area (Å²) in [5.41, 5.74) is 3.87. The topological polar surface area (TPSA) is 73.9 Å². The molecule has 2 aliphatic heterocycles. The molecule has 7 heteroatoms. The number of carbonyl (C=O) groups excluding carboxylic acids is 2. The van der Waals surface area contributed by atoms with Crippen LogP contribution in [0.4, 0.5) is 5.69 Å². The molecule has 2 N–H and O–H groups in total. The number of ether oxygens (including phenoxy) is 1. The molecule has 2 aliphatic rings. The Balaban J connectivity index is 1.31. The Morgan fingerprint density at radius 3 is 2.60 bits per heavy atom. The zero-order valence-corrected chi connectivity index (χ0v) is 17.1. The van der Waals surface area contributed by atoms with Gasteiger partial charge >= 0.3 is 0 Å². The summed E-state index contributed by atoms with van der Waals surface area (Å²) in [7, 11) is 0. The van der Waals surface area contributed by atoms with Gasteiger partial charge in [-0.25, -0.2) is 0 Å². The first-order valence-electron chi connectivity index (χ1n) is 10.5. The lowest BCUT2D eigenvalue weighted by atomic mass is 10.1. The number of hydrogen-bond donors (Lipinski definition) is 2. The van der Waals surface area contributed by atoms with E-state index in [0.717, 1.165) is 56.2 Å². The minimum absolute atomic E-state index is 0.0495. The van der Waals surface area contributed by atoms with E-state index in [1.807, 2.05) is 42.5 Å². The molecule has 30 heavy (non-hydrogen) atoms. The number of hydrogen-bond acceptors (Lipinski definition) is 5. The summed E-state index contributed by atoms with van der Waals surface area (Å²) in [6.45, 7) is 6.55. The largest absolute Gasteiger partial charge is 0.379 e. The Bertz CT molecular complexity index is 878. The molecule has 0 aromatic heterocycles. The fraction of sp³-hybridized carbons (Fsp3) is 0.391. The van der Waals surface area contributed by atoms with E-state index in [9.17, 15) is 9.59 Å². The average Bonchev–Trinajstić information content (AvgIpc) is 2.79. The van der Waals surface area contributed by atoms with Crippen LogP contribution in [0.2, 0.25) is 0 Å². The van der Waals surface area contributed by atoms with Gasteiger partial charge in [0.05, 0.1) is 19.8 Å². The van der Waals surface area contributed by atoms with Crippen molar-refractivity contribution in [3.63, 3.8) is 0 Å². The monoisotopic (exact) mass is 408 g/mol. The summed E-state index contributed by atoms with van der Waals surface area (Å²) in [6.07, 6.45) is 0. The van der Waals surface area contributed by atoms with Crippen LogP contribution in [0.25, 0.3) is 0 Å². The number of nitrogens with zero attached hydrogens (tertiary/aromatic N) is 2. The van der Waals surface area contributed by atoms with Crippen molar-refractivity contribution in [2.75, 3.05) is 50.8 Å². The molecular formula is C23H28N4O3. The zero-order valence-electron chi connectivity index (χ0n) is 17.1. The predicted octanol–water partition coefficient (Wildman–Crippen LogP) is 1.38. The van der Waals surface area contributed by atoms with E-state index >= 15 is 0 Å². The molecule has 158 valence electrons. The number of piperazine rings is 1. The lowest BCUT2D eigenvalue weighted by molar-refractivity contribution is -0.120. The molecule has 2 fully saturated rings. The Labute approximate surface area is 177 Å². The highest BCUT2D eigenvalue weighted by Crippen LogP contribution is 2.16. The SMILES string of the molecule is O=C1CN(c2ccc(CNC(=O)c3cccc(CN4CCOCC4)c3)cc2)CCN1. The first kappa shape index (κ1) is 20.4. The molecule has 2 aromatic rings. The molecule has 2 aromatic carbocycles. The van der Waals surface area contributed by atoms with Gasteiger partial charge in [0.25, 0.3) is 5.91 Å². The van der Waals surface area contributed by atoms with Gasteiger partial charge < -0.3 is 20.3 Å².